The van der Waals surface area contributed by atoms with Crippen LogP contribution in [-0.4, -0.2) is 72.5 Å². The molecule has 5 aromatic rings. The van der Waals surface area contributed by atoms with Gasteiger partial charge in [-0.15, -0.1) is 0 Å². The molecule has 11 nitrogen and oxygen atoms in total. The Hall–Kier alpha value is -4.79. The molecule has 0 fully saturated rings. The topological polar surface area (TPSA) is 144 Å². The monoisotopic (exact) mass is 754 g/mol. The minimum atomic E-state index is -2.30. The summed E-state index contributed by atoms with van der Waals surface area (Å²) in [5, 5.41) is 22.8. The molecule has 0 saturated heterocycles. The zero-order chi connectivity index (χ0) is 38.8. The number of fused-ring (bicyclic) bond motifs is 1. The molecule has 4 atom stereocenters. The lowest BCUT2D eigenvalue weighted by Gasteiger charge is -2.45. The lowest BCUT2D eigenvalue weighted by Crippen LogP contribution is -2.51. The number of methoxy groups -OCH3 is 2. The Morgan fingerprint density at radius 3 is 1.85 bits per heavy atom. The minimum absolute atomic E-state index is 0.0987. The molecule has 2 N–H and O–H groups in total. The number of aliphatic hydroxyl groups excluding tert-OH is 1. The van der Waals surface area contributed by atoms with Crippen molar-refractivity contribution >= 4 is 19.5 Å². The van der Waals surface area contributed by atoms with Gasteiger partial charge in [-0.05, 0) is 86.8 Å². The van der Waals surface area contributed by atoms with E-state index in [2.05, 4.69) is 6.07 Å². The van der Waals surface area contributed by atoms with Crippen LogP contribution in [0.4, 0.5) is 0 Å². The van der Waals surface area contributed by atoms with Crippen molar-refractivity contribution in [3.8, 4) is 23.3 Å². The number of hydrogen-bond acceptors (Lipinski definition) is 11. The van der Waals surface area contributed by atoms with E-state index in [4.69, 9.17) is 27.9 Å². The van der Waals surface area contributed by atoms with Crippen molar-refractivity contribution < 1.29 is 37.9 Å². The van der Waals surface area contributed by atoms with Gasteiger partial charge in [0.05, 0.1) is 32.3 Å². The standard InChI is InChI=1S/C42H47N2O9P/c1-28(2)44(29(3)4)54(47)53-41(39(25-43)51-27-34(45)26-50-37-18-12-30-13-23-40(46)52-38(30)24-37)42(31-10-8-7-9-11-31,32-14-19-35(48-5)20-15-32)33-16-21-36(49-6)22-17-33/h7-24,28-29,34,39,41,45,47H,26-27H2,1-6H3. The summed E-state index contributed by atoms with van der Waals surface area (Å²) in [5.74, 6) is 1.64. The third-order valence-electron chi connectivity index (χ3n) is 9.12. The number of aliphatic hydroxyl groups is 1. The lowest BCUT2D eigenvalue weighted by molar-refractivity contribution is -0.0567. The second-order valence-electron chi connectivity index (χ2n) is 13.3. The van der Waals surface area contributed by atoms with Crippen molar-refractivity contribution in [3.63, 3.8) is 0 Å². The maximum Gasteiger partial charge on any atom is 0.336 e. The largest absolute Gasteiger partial charge is 0.497 e. The zero-order valence-corrected chi connectivity index (χ0v) is 32.2. The van der Waals surface area contributed by atoms with Gasteiger partial charge in [-0.25, -0.2) is 9.46 Å². The maximum atomic E-state index is 12.0. The van der Waals surface area contributed by atoms with E-state index in [9.17, 15) is 20.1 Å². The molecule has 4 aromatic carbocycles. The summed E-state index contributed by atoms with van der Waals surface area (Å²) in [6.07, 6.45) is -3.69. The fourth-order valence-corrected chi connectivity index (χ4v) is 8.06. The van der Waals surface area contributed by atoms with Crippen molar-refractivity contribution in [2.75, 3.05) is 27.4 Å². The molecule has 4 unspecified atom stereocenters. The first-order chi connectivity index (χ1) is 26.0. The molecule has 0 saturated carbocycles. The number of benzene rings is 4. The predicted molar refractivity (Wildman–Crippen MR) is 208 cm³/mol. The number of ether oxygens (including phenoxy) is 4. The van der Waals surface area contributed by atoms with Crippen LogP contribution in [0.1, 0.15) is 44.4 Å². The molecule has 0 aliphatic heterocycles. The molecule has 0 aliphatic carbocycles. The lowest BCUT2D eigenvalue weighted by atomic mass is 9.64. The van der Waals surface area contributed by atoms with E-state index in [-0.39, 0.29) is 25.3 Å². The minimum Gasteiger partial charge on any atom is -0.497 e. The van der Waals surface area contributed by atoms with Crippen LogP contribution in [0.25, 0.3) is 11.0 Å². The van der Waals surface area contributed by atoms with Gasteiger partial charge in [0.2, 0.25) is 0 Å². The molecule has 1 heterocycles. The quantitative estimate of drug-likeness (QED) is 0.0532. The summed E-state index contributed by atoms with van der Waals surface area (Å²) < 4.78 is 37.1. The van der Waals surface area contributed by atoms with Crippen molar-refractivity contribution in [2.24, 2.45) is 0 Å². The van der Waals surface area contributed by atoms with Gasteiger partial charge < -0.3 is 37.9 Å². The van der Waals surface area contributed by atoms with Crippen molar-refractivity contribution in [1.29, 1.82) is 5.26 Å². The summed E-state index contributed by atoms with van der Waals surface area (Å²) in [7, 11) is 0.879. The Labute approximate surface area is 317 Å². The summed E-state index contributed by atoms with van der Waals surface area (Å²) >= 11 is 0. The van der Waals surface area contributed by atoms with Gasteiger partial charge in [0, 0.05) is 29.6 Å². The van der Waals surface area contributed by atoms with Crippen LogP contribution in [0.2, 0.25) is 0 Å². The fourth-order valence-electron chi connectivity index (χ4n) is 6.69. The van der Waals surface area contributed by atoms with Gasteiger partial charge in [0.25, 0.3) is 8.53 Å². The van der Waals surface area contributed by atoms with Gasteiger partial charge in [-0.2, -0.15) is 5.26 Å². The highest BCUT2D eigenvalue weighted by Gasteiger charge is 2.51. The van der Waals surface area contributed by atoms with E-state index in [0.717, 1.165) is 22.1 Å². The first kappa shape index (κ1) is 40.4. The Bertz CT molecular complexity index is 1980. The van der Waals surface area contributed by atoms with Crippen LogP contribution in [-0.2, 0) is 14.7 Å². The van der Waals surface area contributed by atoms with E-state index in [1.165, 1.54) is 6.07 Å². The molecule has 12 heteroatoms. The van der Waals surface area contributed by atoms with Crippen molar-refractivity contribution in [2.45, 2.75) is 63.5 Å². The molecular formula is C42H47N2O9P. The van der Waals surface area contributed by atoms with Crippen LogP contribution >= 0.6 is 8.53 Å². The van der Waals surface area contributed by atoms with Gasteiger partial charge in [-0.1, -0.05) is 54.6 Å². The summed E-state index contributed by atoms with van der Waals surface area (Å²) in [4.78, 5) is 23.7. The summed E-state index contributed by atoms with van der Waals surface area (Å²) in [5.41, 5.74) is 0.847. The van der Waals surface area contributed by atoms with Gasteiger partial charge >= 0.3 is 5.63 Å². The Kier molecular flexibility index (Phi) is 13.8. The van der Waals surface area contributed by atoms with Crippen molar-refractivity contribution in [1.82, 2.24) is 4.67 Å². The molecule has 54 heavy (non-hydrogen) atoms. The SMILES string of the molecule is COc1ccc(C(c2ccccc2)(c2ccc(OC)cc2)C(OP(O)N(C(C)C)C(C)C)C(C#N)OCC(O)COc2ccc3ccc(=O)oc3c2)cc1. The highest BCUT2D eigenvalue weighted by molar-refractivity contribution is 7.43. The molecule has 5 rings (SSSR count). The van der Waals surface area contributed by atoms with Gasteiger partial charge in [-0.3, -0.25) is 0 Å². The Morgan fingerprint density at radius 2 is 1.31 bits per heavy atom. The van der Waals surface area contributed by atoms with E-state index in [1.54, 1.807) is 38.5 Å². The highest BCUT2D eigenvalue weighted by atomic mass is 31.2. The number of nitrogens with zero attached hydrogens (tertiary/aromatic N) is 2. The molecule has 0 aliphatic rings. The van der Waals surface area contributed by atoms with Crippen molar-refractivity contribution in [3.05, 3.63) is 136 Å². The molecule has 0 amide bonds. The zero-order valence-electron chi connectivity index (χ0n) is 31.3. The number of rotatable bonds is 18. The third-order valence-corrected chi connectivity index (χ3v) is 10.9. The average molecular weight is 755 g/mol. The number of nitriles is 1. The van der Waals surface area contributed by atoms with Gasteiger partial charge in [0.15, 0.2) is 6.10 Å². The molecule has 0 radical (unpaired) electrons. The molecular weight excluding hydrogens is 707 g/mol. The molecule has 1 aromatic heterocycles. The second kappa shape index (κ2) is 18.5. The average Bonchev–Trinajstić information content (AvgIpc) is 3.17. The molecule has 284 valence electrons. The smallest absolute Gasteiger partial charge is 0.336 e. The Morgan fingerprint density at radius 1 is 0.778 bits per heavy atom. The maximum absolute atomic E-state index is 12.0. The van der Waals surface area contributed by atoms with Crippen LogP contribution in [0, 0.1) is 11.3 Å². The second-order valence-corrected chi connectivity index (χ2v) is 14.5. The van der Waals surface area contributed by atoms with E-state index in [1.807, 2.05) is 111 Å². The van der Waals surface area contributed by atoms with E-state index in [0.29, 0.717) is 22.8 Å². The highest BCUT2D eigenvalue weighted by Crippen LogP contribution is 2.52. The van der Waals surface area contributed by atoms with Crippen LogP contribution in [0.5, 0.6) is 17.2 Å². The van der Waals surface area contributed by atoms with Crippen LogP contribution < -0.4 is 19.8 Å². The van der Waals surface area contributed by atoms with E-state index < -0.39 is 37.9 Å². The third kappa shape index (κ3) is 9.11. The normalized spacial score (nSPS) is 14.1. The predicted octanol–water partition coefficient (Wildman–Crippen LogP) is 7.22. The van der Waals surface area contributed by atoms with E-state index >= 15 is 0 Å². The fraction of sp³-hybridized carbons (Fsp3) is 0.333. The van der Waals surface area contributed by atoms with Crippen LogP contribution in [0.15, 0.2) is 118 Å². The Balaban J connectivity index is 1.59. The first-order valence-corrected chi connectivity index (χ1v) is 18.8. The van der Waals surface area contributed by atoms with Gasteiger partial charge in [0.1, 0.15) is 41.6 Å². The molecule has 0 bridgehead atoms. The molecule has 0 spiro atoms. The first-order valence-electron chi connectivity index (χ1n) is 17.7. The summed E-state index contributed by atoms with van der Waals surface area (Å²) in [6, 6.07) is 34.8. The van der Waals surface area contributed by atoms with Crippen LogP contribution in [0.3, 0.4) is 0 Å². The number of hydrogen-bond donors (Lipinski definition) is 2. The summed E-state index contributed by atoms with van der Waals surface area (Å²) in [6.45, 7) is 7.39.